The molecule has 1 aromatic carbocycles. The maximum Gasteiger partial charge on any atom is 0.416 e. The second-order valence-corrected chi connectivity index (χ2v) is 3.53. The van der Waals surface area contributed by atoms with Crippen LogP contribution in [0.25, 0.3) is 0 Å². The molecule has 0 fully saturated rings. The summed E-state index contributed by atoms with van der Waals surface area (Å²) in [6.07, 6.45) is -4.47. The molecule has 0 unspecified atom stereocenters. The highest BCUT2D eigenvalue weighted by Crippen LogP contribution is 2.29. The number of alkyl halides is 3. The normalized spacial score (nSPS) is 11.4. The van der Waals surface area contributed by atoms with Gasteiger partial charge in [0.1, 0.15) is 0 Å². The fourth-order valence-corrected chi connectivity index (χ4v) is 1.30. The number of aliphatic hydroxyl groups is 1. The number of rotatable bonds is 3. The summed E-state index contributed by atoms with van der Waals surface area (Å²) >= 11 is 0. The van der Waals surface area contributed by atoms with Crippen LogP contribution in [-0.4, -0.2) is 36.1 Å². The fourth-order valence-electron chi connectivity index (χ4n) is 1.30. The van der Waals surface area contributed by atoms with Crippen molar-refractivity contribution in [1.29, 1.82) is 0 Å². The van der Waals surface area contributed by atoms with Crippen LogP contribution in [0, 0.1) is 0 Å². The summed E-state index contributed by atoms with van der Waals surface area (Å²) in [4.78, 5) is 12.8. The topological polar surface area (TPSA) is 40.5 Å². The molecule has 6 heteroatoms. The van der Waals surface area contributed by atoms with E-state index < -0.39 is 17.6 Å². The Morgan fingerprint density at radius 2 is 2.06 bits per heavy atom. The number of nitrogens with zero attached hydrogens (tertiary/aromatic N) is 1. The Balaban J connectivity index is 2.96. The minimum absolute atomic E-state index is 0.0456. The molecule has 1 N–H and O–H groups in total. The highest BCUT2D eigenvalue weighted by Gasteiger charge is 2.31. The molecule has 3 nitrogen and oxygen atoms in total. The van der Waals surface area contributed by atoms with E-state index in [4.69, 9.17) is 5.11 Å². The van der Waals surface area contributed by atoms with Gasteiger partial charge in [-0.25, -0.2) is 0 Å². The lowest BCUT2D eigenvalue weighted by Gasteiger charge is -2.16. The smallest absolute Gasteiger partial charge is 0.395 e. The first-order valence-electron chi connectivity index (χ1n) is 4.90. The van der Waals surface area contributed by atoms with E-state index in [1.54, 1.807) is 0 Å². The minimum atomic E-state index is -4.47. The summed E-state index contributed by atoms with van der Waals surface area (Å²) in [6.45, 7) is -0.156. The van der Waals surface area contributed by atoms with Crippen LogP contribution < -0.4 is 0 Å². The van der Waals surface area contributed by atoms with Crippen molar-refractivity contribution in [3.63, 3.8) is 0 Å². The van der Waals surface area contributed by atoms with E-state index in [9.17, 15) is 18.0 Å². The fraction of sp³-hybridized carbons (Fsp3) is 0.364. The van der Waals surface area contributed by atoms with Gasteiger partial charge in [-0.3, -0.25) is 4.79 Å². The molecule has 1 amide bonds. The third kappa shape index (κ3) is 3.45. The lowest BCUT2D eigenvalue weighted by molar-refractivity contribution is -0.137. The first-order chi connectivity index (χ1) is 7.86. The van der Waals surface area contributed by atoms with E-state index in [1.807, 2.05) is 0 Å². The number of halogens is 3. The highest BCUT2D eigenvalue weighted by molar-refractivity contribution is 5.94. The number of hydrogen-bond acceptors (Lipinski definition) is 2. The lowest BCUT2D eigenvalue weighted by Crippen LogP contribution is -2.29. The van der Waals surface area contributed by atoms with Gasteiger partial charge in [-0.1, -0.05) is 6.07 Å². The Morgan fingerprint density at radius 1 is 1.41 bits per heavy atom. The van der Waals surface area contributed by atoms with Gasteiger partial charge in [-0.05, 0) is 18.2 Å². The van der Waals surface area contributed by atoms with Crippen molar-refractivity contribution in [1.82, 2.24) is 4.90 Å². The zero-order chi connectivity index (χ0) is 13.1. The van der Waals surface area contributed by atoms with Crippen LogP contribution in [0.2, 0.25) is 0 Å². The zero-order valence-corrected chi connectivity index (χ0v) is 9.16. The third-order valence-electron chi connectivity index (χ3n) is 2.22. The predicted octanol–water partition coefficient (Wildman–Crippen LogP) is 1.77. The minimum Gasteiger partial charge on any atom is -0.395 e. The van der Waals surface area contributed by atoms with Gasteiger partial charge in [0.05, 0.1) is 12.2 Å². The van der Waals surface area contributed by atoms with Crippen molar-refractivity contribution in [2.75, 3.05) is 20.2 Å². The van der Waals surface area contributed by atoms with Crippen molar-refractivity contribution >= 4 is 5.91 Å². The van der Waals surface area contributed by atoms with E-state index in [0.29, 0.717) is 0 Å². The van der Waals surface area contributed by atoms with Crippen LogP contribution in [0.1, 0.15) is 15.9 Å². The molecule has 0 spiro atoms. The summed E-state index contributed by atoms with van der Waals surface area (Å²) in [6, 6.07) is 4.20. The molecule has 0 aromatic heterocycles. The number of amides is 1. The monoisotopic (exact) mass is 247 g/mol. The van der Waals surface area contributed by atoms with E-state index in [-0.39, 0.29) is 18.7 Å². The van der Waals surface area contributed by atoms with E-state index in [1.165, 1.54) is 19.2 Å². The molecule has 1 aromatic rings. The molecule has 17 heavy (non-hydrogen) atoms. The van der Waals surface area contributed by atoms with Gasteiger partial charge in [0.25, 0.3) is 5.91 Å². The Hall–Kier alpha value is -1.56. The van der Waals surface area contributed by atoms with Gasteiger partial charge < -0.3 is 10.0 Å². The molecule has 0 radical (unpaired) electrons. The zero-order valence-electron chi connectivity index (χ0n) is 9.16. The molecule has 0 heterocycles. The standard InChI is InChI=1S/C11H12F3NO2/c1-15(5-6-16)10(17)8-3-2-4-9(7-8)11(12,13)14/h2-4,7,16H,5-6H2,1H3. The number of hydrogen-bond donors (Lipinski definition) is 1. The van der Waals surface area contributed by atoms with Crippen LogP contribution in [-0.2, 0) is 6.18 Å². The number of benzene rings is 1. The largest absolute Gasteiger partial charge is 0.416 e. The second-order valence-electron chi connectivity index (χ2n) is 3.53. The Kier molecular flexibility index (Phi) is 4.11. The first-order valence-corrected chi connectivity index (χ1v) is 4.90. The summed E-state index contributed by atoms with van der Waals surface area (Å²) in [7, 11) is 1.42. The highest BCUT2D eigenvalue weighted by atomic mass is 19.4. The van der Waals surface area contributed by atoms with Crippen molar-refractivity contribution in [2.45, 2.75) is 6.18 Å². The number of aliphatic hydroxyl groups excluding tert-OH is 1. The second kappa shape index (κ2) is 5.18. The van der Waals surface area contributed by atoms with Crippen LogP contribution in [0.4, 0.5) is 13.2 Å². The van der Waals surface area contributed by atoms with Crippen LogP contribution in [0.5, 0.6) is 0 Å². The van der Waals surface area contributed by atoms with Gasteiger partial charge >= 0.3 is 6.18 Å². The summed E-state index contributed by atoms with van der Waals surface area (Å²) in [5, 5.41) is 8.64. The summed E-state index contributed by atoms with van der Waals surface area (Å²) in [5.74, 6) is -0.551. The van der Waals surface area contributed by atoms with E-state index >= 15 is 0 Å². The molecule has 94 valence electrons. The average molecular weight is 247 g/mol. The van der Waals surface area contributed by atoms with Crippen molar-refractivity contribution in [3.8, 4) is 0 Å². The van der Waals surface area contributed by atoms with Gasteiger partial charge in [-0.2, -0.15) is 13.2 Å². The van der Waals surface area contributed by atoms with Crippen molar-refractivity contribution < 1.29 is 23.1 Å². The quantitative estimate of drug-likeness (QED) is 0.884. The van der Waals surface area contributed by atoms with Gasteiger partial charge in [-0.15, -0.1) is 0 Å². The molecular weight excluding hydrogens is 235 g/mol. The van der Waals surface area contributed by atoms with Crippen LogP contribution >= 0.6 is 0 Å². The van der Waals surface area contributed by atoms with Crippen LogP contribution in [0.3, 0.4) is 0 Å². The number of likely N-dealkylation sites (N-methyl/N-ethyl adjacent to an activating group) is 1. The maximum atomic E-state index is 12.4. The summed E-state index contributed by atoms with van der Waals surface area (Å²) < 4.78 is 37.2. The Labute approximate surface area is 96.5 Å². The van der Waals surface area contributed by atoms with Gasteiger partial charge in [0.15, 0.2) is 0 Å². The molecule has 0 atom stereocenters. The SMILES string of the molecule is CN(CCO)C(=O)c1cccc(C(F)(F)F)c1. The van der Waals surface area contributed by atoms with E-state index in [0.717, 1.165) is 17.0 Å². The first kappa shape index (κ1) is 13.5. The molecule has 0 aliphatic rings. The number of carbonyl (C=O) groups excluding carboxylic acids is 1. The van der Waals surface area contributed by atoms with Crippen molar-refractivity contribution in [2.24, 2.45) is 0 Å². The summed E-state index contributed by atoms with van der Waals surface area (Å²) in [5.41, 5.74) is -0.906. The average Bonchev–Trinajstić information content (AvgIpc) is 2.27. The molecular formula is C11H12F3NO2. The number of carbonyl (C=O) groups is 1. The Bertz CT molecular complexity index is 404. The Morgan fingerprint density at radius 3 is 2.59 bits per heavy atom. The van der Waals surface area contributed by atoms with Crippen molar-refractivity contribution in [3.05, 3.63) is 35.4 Å². The third-order valence-corrected chi connectivity index (χ3v) is 2.22. The predicted molar refractivity (Wildman–Crippen MR) is 55.5 cm³/mol. The van der Waals surface area contributed by atoms with Gasteiger partial charge in [0, 0.05) is 19.2 Å². The maximum absolute atomic E-state index is 12.4. The van der Waals surface area contributed by atoms with Gasteiger partial charge in [0.2, 0.25) is 0 Å². The van der Waals surface area contributed by atoms with E-state index in [2.05, 4.69) is 0 Å². The van der Waals surface area contributed by atoms with Crippen LogP contribution in [0.15, 0.2) is 24.3 Å². The molecule has 0 saturated heterocycles. The molecule has 0 aliphatic heterocycles. The lowest BCUT2D eigenvalue weighted by atomic mass is 10.1. The molecule has 0 saturated carbocycles. The molecule has 0 aliphatic carbocycles. The molecule has 1 rings (SSSR count). The molecule has 0 bridgehead atoms.